The molecule has 0 aliphatic heterocycles. The molecule has 3 saturated carbocycles. The first-order valence-electron chi connectivity index (χ1n) is 12.3. The Morgan fingerprint density at radius 3 is 2.61 bits per heavy atom. The molecule has 4 nitrogen and oxygen atoms in total. The smallest absolute Gasteiger partial charge is 0.0811 e. The van der Waals surface area contributed by atoms with Crippen LogP contribution in [-0.4, -0.2) is 44.3 Å². The molecule has 0 saturated heterocycles. The first-order valence-corrected chi connectivity index (χ1v) is 12.3. The van der Waals surface area contributed by atoms with Crippen molar-refractivity contribution in [1.29, 1.82) is 0 Å². The molecule has 3 unspecified atom stereocenters. The van der Waals surface area contributed by atoms with Crippen LogP contribution in [0.1, 0.15) is 85.5 Å². The monoisotopic (exact) mass is 432 g/mol. The van der Waals surface area contributed by atoms with Crippen LogP contribution in [-0.2, 0) is 0 Å². The Balaban J connectivity index is 1.72. The molecule has 4 N–H and O–H groups in total. The van der Waals surface area contributed by atoms with Crippen LogP contribution in [0.4, 0.5) is 0 Å². The van der Waals surface area contributed by atoms with E-state index in [1.807, 2.05) is 0 Å². The van der Waals surface area contributed by atoms with Gasteiger partial charge in [0.2, 0.25) is 0 Å². The molecule has 3 aliphatic carbocycles. The molecule has 0 bridgehead atoms. The summed E-state index contributed by atoms with van der Waals surface area (Å²) in [7, 11) is 0. The van der Waals surface area contributed by atoms with Crippen LogP contribution < -0.4 is 0 Å². The maximum atomic E-state index is 10.5. The lowest BCUT2D eigenvalue weighted by atomic mass is 9.60. The van der Waals surface area contributed by atoms with Crippen molar-refractivity contribution in [2.24, 2.45) is 23.2 Å². The summed E-state index contributed by atoms with van der Waals surface area (Å²) in [6.45, 7) is 12.3. The fraction of sp³-hybridized carbons (Fsp3) is 0.778. The van der Waals surface area contributed by atoms with Crippen LogP contribution in [0, 0.1) is 23.2 Å². The highest BCUT2D eigenvalue weighted by molar-refractivity contribution is 5.38. The van der Waals surface area contributed by atoms with Gasteiger partial charge in [-0.1, -0.05) is 38.2 Å². The predicted octanol–water partition coefficient (Wildman–Crippen LogP) is 4.68. The van der Waals surface area contributed by atoms with E-state index in [1.54, 1.807) is 13.8 Å². The van der Waals surface area contributed by atoms with Gasteiger partial charge in [0.1, 0.15) is 0 Å². The van der Waals surface area contributed by atoms with Gasteiger partial charge in [0, 0.05) is 12.8 Å². The summed E-state index contributed by atoms with van der Waals surface area (Å²) in [6, 6.07) is 0. The highest BCUT2D eigenvalue weighted by Gasteiger charge is 2.50. The third-order valence-corrected chi connectivity index (χ3v) is 8.37. The van der Waals surface area contributed by atoms with Crippen molar-refractivity contribution in [1.82, 2.24) is 0 Å². The average Bonchev–Trinajstić information content (AvgIpc) is 2.99. The van der Waals surface area contributed by atoms with E-state index >= 15 is 0 Å². The normalized spacial score (nSPS) is 39.0. The third-order valence-electron chi connectivity index (χ3n) is 8.37. The van der Waals surface area contributed by atoms with Gasteiger partial charge in [0.15, 0.2) is 0 Å². The molecule has 0 amide bonds. The van der Waals surface area contributed by atoms with Gasteiger partial charge in [0.05, 0.1) is 23.9 Å². The Hall–Kier alpha value is -0.940. The quantitative estimate of drug-likeness (QED) is 0.491. The van der Waals surface area contributed by atoms with E-state index in [4.69, 9.17) is 0 Å². The van der Waals surface area contributed by atoms with Crippen molar-refractivity contribution in [3.63, 3.8) is 0 Å². The average molecular weight is 433 g/mol. The predicted molar refractivity (Wildman–Crippen MR) is 125 cm³/mol. The van der Waals surface area contributed by atoms with Crippen molar-refractivity contribution in [3.05, 3.63) is 35.5 Å². The van der Waals surface area contributed by atoms with E-state index in [1.165, 1.54) is 31.3 Å². The molecule has 0 heterocycles. The van der Waals surface area contributed by atoms with E-state index < -0.39 is 23.9 Å². The molecular formula is C27H44O4. The van der Waals surface area contributed by atoms with Crippen LogP contribution in [0.5, 0.6) is 0 Å². The van der Waals surface area contributed by atoms with Crippen LogP contribution in [0.15, 0.2) is 35.5 Å². The van der Waals surface area contributed by atoms with Gasteiger partial charge < -0.3 is 20.4 Å². The van der Waals surface area contributed by atoms with Crippen molar-refractivity contribution < 1.29 is 20.4 Å². The minimum atomic E-state index is -0.834. The van der Waals surface area contributed by atoms with Gasteiger partial charge in [-0.05, 0) is 93.1 Å². The summed E-state index contributed by atoms with van der Waals surface area (Å²) < 4.78 is 0. The largest absolute Gasteiger partial charge is 0.393 e. The van der Waals surface area contributed by atoms with E-state index in [9.17, 15) is 20.4 Å². The number of aliphatic hydroxyl groups is 4. The fourth-order valence-corrected chi connectivity index (χ4v) is 6.93. The van der Waals surface area contributed by atoms with Gasteiger partial charge in [-0.25, -0.2) is 0 Å². The number of hydrogen-bond donors (Lipinski definition) is 4. The second kappa shape index (κ2) is 9.51. The zero-order chi connectivity index (χ0) is 23.0. The number of aliphatic hydroxyl groups excluding tert-OH is 3. The summed E-state index contributed by atoms with van der Waals surface area (Å²) in [6.07, 6.45) is 10.8. The molecule has 0 aromatic rings. The molecule has 0 aromatic carbocycles. The van der Waals surface area contributed by atoms with Gasteiger partial charge in [0.25, 0.3) is 0 Å². The zero-order valence-corrected chi connectivity index (χ0v) is 20.0. The standard InChI is InChI=1S/C27H44O4/c1-17(13-22(29)16-26(3,4)31)23-10-11-24-19(7-6-12-27(23,24)5)8-9-20-14-21(28)15-25(30)18(20)2/h8-9,17,21-25,28-31H,2,6-7,10-16H2,1,3-5H3/b19-8+,20-9-/t17-,21?,22?,23-,24+,25?,27-/m1/s1. The Kier molecular flexibility index (Phi) is 7.57. The van der Waals surface area contributed by atoms with E-state index in [2.05, 4.69) is 32.6 Å². The third kappa shape index (κ3) is 5.71. The number of fused-ring (bicyclic) bond motifs is 1. The lowest BCUT2D eigenvalue weighted by Crippen LogP contribution is -2.37. The lowest BCUT2D eigenvalue weighted by molar-refractivity contribution is 0.000127. The van der Waals surface area contributed by atoms with Crippen molar-refractivity contribution >= 4 is 0 Å². The molecule has 31 heavy (non-hydrogen) atoms. The van der Waals surface area contributed by atoms with Gasteiger partial charge in [-0.2, -0.15) is 0 Å². The van der Waals surface area contributed by atoms with Gasteiger partial charge >= 0.3 is 0 Å². The maximum Gasteiger partial charge on any atom is 0.0811 e. The Bertz CT molecular complexity index is 715. The second-order valence-electron chi connectivity index (χ2n) is 11.5. The SMILES string of the molecule is C=C1/C(=C\C=C2/CCC[C@]3(C)[C@@H]([C@H](C)CC(O)CC(C)(C)O)CC[C@@H]23)CC(O)CC1O. The van der Waals surface area contributed by atoms with Crippen molar-refractivity contribution in [2.75, 3.05) is 0 Å². The molecule has 3 aliphatic rings. The van der Waals surface area contributed by atoms with Crippen LogP contribution in [0.3, 0.4) is 0 Å². The van der Waals surface area contributed by atoms with Crippen LogP contribution in [0.25, 0.3) is 0 Å². The first kappa shape index (κ1) is 24.7. The Morgan fingerprint density at radius 1 is 1.23 bits per heavy atom. The van der Waals surface area contributed by atoms with Crippen LogP contribution >= 0.6 is 0 Å². The van der Waals surface area contributed by atoms with Crippen molar-refractivity contribution in [3.8, 4) is 0 Å². The number of allylic oxidation sites excluding steroid dienone is 3. The minimum Gasteiger partial charge on any atom is -0.393 e. The zero-order valence-electron chi connectivity index (χ0n) is 20.0. The summed E-state index contributed by atoms with van der Waals surface area (Å²) in [5.74, 6) is 1.57. The van der Waals surface area contributed by atoms with Gasteiger partial charge in [-0.15, -0.1) is 0 Å². The van der Waals surface area contributed by atoms with Crippen LogP contribution in [0.2, 0.25) is 0 Å². The number of hydrogen-bond acceptors (Lipinski definition) is 4. The molecular weight excluding hydrogens is 388 g/mol. The fourth-order valence-electron chi connectivity index (χ4n) is 6.93. The van der Waals surface area contributed by atoms with Gasteiger partial charge in [-0.3, -0.25) is 0 Å². The number of rotatable bonds is 6. The Morgan fingerprint density at radius 2 is 1.94 bits per heavy atom. The maximum absolute atomic E-state index is 10.5. The second-order valence-corrected chi connectivity index (χ2v) is 11.5. The molecule has 0 radical (unpaired) electrons. The molecule has 3 fully saturated rings. The topological polar surface area (TPSA) is 80.9 Å². The lowest BCUT2D eigenvalue weighted by Gasteiger charge is -2.44. The molecule has 3 rings (SSSR count). The molecule has 176 valence electrons. The molecule has 0 spiro atoms. The summed E-state index contributed by atoms with van der Waals surface area (Å²) in [5, 5.41) is 40.7. The molecule has 0 aromatic heterocycles. The van der Waals surface area contributed by atoms with E-state index in [-0.39, 0.29) is 5.41 Å². The van der Waals surface area contributed by atoms with E-state index in [0.29, 0.717) is 37.0 Å². The minimum absolute atomic E-state index is 0.249. The molecule has 4 heteroatoms. The van der Waals surface area contributed by atoms with Crippen molar-refractivity contribution in [2.45, 2.75) is 109 Å². The molecule has 7 atom stereocenters. The summed E-state index contributed by atoms with van der Waals surface area (Å²) >= 11 is 0. The Labute approximate surface area is 188 Å². The van der Waals surface area contributed by atoms with E-state index in [0.717, 1.165) is 24.0 Å². The highest BCUT2D eigenvalue weighted by atomic mass is 16.3. The highest BCUT2D eigenvalue weighted by Crippen LogP contribution is 2.60. The summed E-state index contributed by atoms with van der Waals surface area (Å²) in [5.41, 5.74) is 2.64. The summed E-state index contributed by atoms with van der Waals surface area (Å²) in [4.78, 5) is 0. The first-order chi connectivity index (χ1) is 14.4.